The molecule has 24 heavy (non-hydrogen) atoms. The minimum absolute atomic E-state index is 0.330. The summed E-state index contributed by atoms with van der Waals surface area (Å²) in [5.74, 6) is 0.800. The molecule has 1 aromatic carbocycles. The Hall–Kier alpha value is -1.96. The second kappa shape index (κ2) is 8.77. The fraction of sp³-hybridized carbons (Fsp3) is 0.529. The lowest BCUT2D eigenvalue weighted by Gasteiger charge is -2.35. The van der Waals surface area contributed by atoms with Crippen LogP contribution >= 0.6 is 0 Å². The van der Waals surface area contributed by atoms with Gasteiger partial charge in [-0.2, -0.15) is 5.10 Å². The van der Waals surface area contributed by atoms with Gasteiger partial charge in [-0.15, -0.1) is 0 Å². The van der Waals surface area contributed by atoms with Crippen molar-refractivity contribution in [2.75, 3.05) is 45.9 Å². The Balaban J connectivity index is 1.31. The molecule has 0 radical (unpaired) electrons. The Labute approximate surface area is 142 Å². The second-order valence-electron chi connectivity index (χ2n) is 6.08. The molecule has 0 unspecified atom stereocenters. The molecule has 3 rings (SSSR count). The van der Waals surface area contributed by atoms with Gasteiger partial charge in [0.05, 0.1) is 6.54 Å². The molecule has 1 aliphatic rings. The second-order valence-corrected chi connectivity index (χ2v) is 6.08. The summed E-state index contributed by atoms with van der Waals surface area (Å²) in [6.45, 7) is 6.81. The highest BCUT2D eigenvalue weighted by molar-refractivity contribution is 5.20. The van der Waals surface area contributed by atoms with Crippen LogP contribution in [0.2, 0.25) is 0 Å². The molecular weight excluding hydrogens is 306 g/mol. The first kappa shape index (κ1) is 16.9. The van der Waals surface area contributed by atoms with Gasteiger partial charge in [0, 0.05) is 39.3 Å². The number of benzene rings is 1. The molecule has 2 heterocycles. The van der Waals surface area contributed by atoms with Gasteiger partial charge < -0.3 is 9.84 Å². The first-order valence-electron chi connectivity index (χ1n) is 8.42. The van der Waals surface area contributed by atoms with Crippen molar-refractivity contribution in [3.8, 4) is 5.75 Å². The minimum Gasteiger partial charge on any atom is -0.491 e. The number of β-amino-alcohol motifs (C(OH)–C–C–N with tert-alkyl or cyclic N) is 1. The largest absolute Gasteiger partial charge is 0.491 e. The van der Waals surface area contributed by atoms with Crippen molar-refractivity contribution in [3.05, 3.63) is 43.0 Å². The topological polar surface area (TPSA) is 66.7 Å². The molecule has 1 saturated heterocycles. The number of para-hydroxylation sites is 1. The number of piperazine rings is 1. The van der Waals surface area contributed by atoms with Gasteiger partial charge >= 0.3 is 0 Å². The maximum atomic E-state index is 10.2. The smallest absolute Gasteiger partial charge is 0.137 e. The van der Waals surface area contributed by atoms with Crippen molar-refractivity contribution in [2.24, 2.45) is 0 Å². The van der Waals surface area contributed by atoms with Crippen LogP contribution in [0.3, 0.4) is 0 Å². The van der Waals surface area contributed by atoms with E-state index in [1.807, 2.05) is 35.0 Å². The SMILES string of the molecule is O[C@H](COc1ccccc1)CN1CCN(CCn2cncn2)CC1. The standard InChI is InChI=1S/C17H25N5O2/c23-16(13-24-17-4-2-1-3-5-17)12-21-8-6-20(7-9-21)10-11-22-15-18-14-19-22/h1-5,14-16,23H,6-13H2/t16-/m0/s1. The van der Waals surface area contributed by atoms with E-state index in [9.17, 15) is 5.11 Å². The summed E-state index contributed by atoms with van der Waals surface area (Å²) in [6, 6.07) is 9.62. The van der Waals surface area contributed by atoms with E-state index in [1.54, 1.807) is 12.7 Å². The molecule has 2 aromatic rings. The first-order chi connectivity index (χ1) is 11.8. The highest BCUT2D eigenvalue weighted by Crippen LogP contribution is 2.09. The molecule has 0 bridgehead atoms. The molecule has 0 saturated carbocycles. The van der Waals surface area contributed by atoms with Crippen LogP contribution in [-0.2, 0) is 6.54 Å². The van der Waals surface area contributed by atoms with Crippen molar-refractivity contribution < 1.29 is 9.84 Å². The third-order valence-electron chi connectivity index (χ3n) is 4.23. The highest BCUT2D eigenvalue weighted by atomic mass is 16.5. The Kier molecular flexibility index (Phi) is 6.17. The first-order valence-corrected chi connectivity index (χ1v) is 8.42. The van der Waals surface area contributed by atoms with Gasteiger partial charge in [0.25, 0.3) is 0 Å². The van der Waals surface area contributed by atoms with Gasteiger partial charge in [0.1, 0.15) is 31.1 Å². The zero-order valence-electron chi connectivity index (χ0n) is 13.9. The molecule has 7 nitrogen and oxygen atoms in total. The van der Waals surface area contributed by atoms with Gasteiger partial charge in [-0.3, -0.25) is 14.5 Å². The van der Waals surface area contributed by atoms with Crippen LogP contribution in [0.1, 0.15) is 0 Å². The summed E-state index contributed by atoms with van der Waals surface area (Å²) in [4.78, 5) is 8.67. The predicted molar refractivity (Wildman–Crippen MR) is 90.8 cm³/mol. The molecule has 1 fully saturated rings. The quantitative estimate of drug-likeness (QED) is 0.752. The Bertz CT molecular complexity index is 570. The van der Waals surface area contributed by atoms with Crippen LogP contribution in [0.25, 0.3) is 0 Å². The number of hydrogen-bond donors (Lipinski definition) is 1. The van der Waals surface area contributed by atoms with E-state index in [4.69, 9.17) is 4.74 Å². The van der Waals surface area contributed by atoms with Crippen molar-refractivity contribution in [1.29, 1.82) is 0 Å². The summed E-state index contributed by atoms with van der Waals surface area (Å²) in [7, 11) is 0. The van der Waals surface area contributed by atoms with Crippen LogP contribution in [0.4, 0.5) is 0 Å². The average molecular weight is 331 g/mol. The molecular formula is C17H25N5O2. The number of hydrogen-bond acceptors (Lipinski definition) is 6. The van der Waals surface area contributed by atoms with Crippen LogP contribution < -0.4 is 4.74 Å². The lowest BCUT2D eigenvalue weighted by atomic mass is 10.2. The summed E-state index contributed by atoms with van der Waals surface area (Å²) in [6.07, 6.45) is 2.85. The molecule has 0 spiro atoms. The number of nitrogens with zero attached hydrogens (tertiary/aromatic N) is 5. The van der Waals surface area contributed by atoms with Crippen LogP contribution in [0, 0.1) is 0 Å². The number of ether oxygens (including phenoxy) is 1. The lowest BCUT2D eigenvalue weighted by molar-refractivity contribution is 0.0453. The zero-order valence-corrected chi connectivity index (χ0v) is 13.9. The fourth-order valence-corrected chi connectivity index (χ4v) is 2.85. The van der Waals surface area contributed by atoms with E-state index in [0.717, 1.165) is 45.0 Å². The summed E-state index contributed by atoms with van der Waals surface area (Å²) in [5.41, 5.74) is 0. The van der Waals surface area contributed by atoms with Gasteiger partial charge in [-0.1, -0.05) is 18.2 Å². The maximum Gasteiger partial charge on any atom is 0.137 e. The van der Waals surface area contributed by atoms with E-state index in [-0.39, 0.29) is 0 Å². The Morgan fingerprint density at radius 3 is 2.50 bits per heavy atom. The van der Waals surface area contributed by atoms with E-state index in [0.29, 0.717) is 13.2 Å². The van der Waals surface area contributed by atoms with Crippen LogP contribution in [-0.4, -0.2) is 81.7 Å². The Morgan fingerprint density at radius 1 is 1.04 bits per heavy atom. The van der Waals surface area contributed by atoms with Gasteiger partial charge in [0.15, 0.2) is 0 Å². The molecule has 130 valence electrons. The van der Waals surface area contributed by atoms with Gasteiger partial charge in [0.2, 0.25) is 0 Å². The predicted octanol–water partition coefficient (Wildman–Crippen LogP) is 0.336. The lowest BCUT2D eigenvalue weighted by Crippen LogP contribution is -2.49. The normalized spacial score (nSPS) is 17.7. The third-order valence-corrected chi connectivity index (χ3v) is 4.23. The molecule has 1 aliphatic heterocycles. The minimum atomic E-state index is -0.466. The van der Waals surface area contributed by atoms with Crippen LogP contribution in [0.15, 0.2) is 43.0 Å². The number of aliphatic hydroxyl groups is 1. The molecule has 7 heteroatoms. The fourth-order valence-electron chi connectivity index (χ4n) is 2.85. The third kappa shape index (κ3) is 5.30. The Morgan fingerprint density at radius 2 is 1.79 bits per heavy atom. The summed E-state index contributed by atoms with van der Waals surface area (Å²) < 4.78 is 7.47. The van der Waals surface area contributed by atoms with E-state index >= 15 is 0 Å². The zero-order chi connectivity index (χ0) is 16.6. The van der Waals surface area contributed by atoms with E-state index < -0.39 is 6.10 Å². The van der Waals surface area contributed by atoms with Crippen molar-refractivity contribution in [2.45, 2.75) is 12.6 Å². The van der Waals surface area contributed by atoms with E-state index in [2.05, 4.69) is 19.9 Å². The van der Waals surface area contributed by atoms with Gasteiger partial charge in [-0.25, -0.2) is 4.98 Å². The molecule has 1 aromatic heterocycles. The highest BCUT2D eigenvalue weighted by Gasteiger charge is 2.19. The summed E-state index contributed by atoms with van der Waals surface area (Å²) in [5, 5.41) is 14.3. The molecule has 1 N–H and O–H groups in total. The number of aromatic nitrogens is 3. The van der Waals surface area contributed by atoms with Gasteiger partial charge in [-0.05, 0) is 12.1 Å². The molecule has 1 atom stereocenters. The molecule has 0 amide bonds. The molecule has 0 aliphatic carbocycles. The maximum absolute atomic E-state index is 10.2. The van der Waals surface area contributed by atoms with Crippen molar-refractivity contribution >= 4 is 0 Å². The average Bonchev–Trinajstić information content (AvgIpc) is 3.14. The van der Waals surface area contributed by atoms with Crippen LogP contribution in [0.5, 0.6) is 5.75 Å². The van der Waals surface area contributed by atoms with Crippen molar-refractivity contribution in [1.82, 2.24) is 24.6 Å². The number of aliphatic hydroxyl groups excluding tert-OH is 1. The van der Waals surface area contributed by atoms with E-state index in [1.165, 1.54) is 0 Å². The summed E-state index contributed by atoms with van der Waals surface area (Å²) >= 11 is 0. The monoisotopic (exact) mass is 331 g/mol. The van der Waals surface area contributed by atoms with Crippen molar-refractivity contribution in [3.63, 3.8) is 0 Å². The number of rotatable bonds is 8.